The number of aliphatic hydroxyl groups excluding tert-OH is 1. The van der Waals surface area contributed by atoms with E-state index in [1.54, 1.807) is 0 Å². The van der Waals surface area contributed by atoms with Crippen LogP contribution >= 0.6 is 0 Å². The molecule has 16 heavy (non-hydrogen) atoms. The first kappa shape index (κ1) is 17.5. The molecule has 0 bridgehead atoms. The molecule has 0 aromatic carbocycles. The number of aliphatic hydroxyl groups is 1. The molecule has 0 unspecified atom stereocenters. The summed E-state index contributed by atoms with van der Waals surface area (Å²) in [5.74, 6) is -0.368. The van der Waals surface area contributed by atoms with Crippen molar-refractivity contribution in [1.82, 2.24) is 10.6 Å². The van der Waals surface area contributed by atoms with Gasteiger partial charge in [-0.1, -0.05) is 12.2 Å². The molecule has 0 aromatic heterocycles. The molecule has 0 saturated heterocycles. The highest BCUT2D eigenvalue weighted by atomic mass is 16.5. The average Bonchev–Trinajstić information content (AvgIpc) is 2.33. The van der Waals surface area contributed by atoms with Crippen LogP contribution in [0, 0.1) is 0 Å². The summed E-state index contributed by atoms with van der Waals surface area (Å²) in [5, 5.41) is 13.7. The second-order valence-electron chi connectivity index (χ2n) is 2.89. The summed E-state index contributed by atoms with van der Waals surface area (Å²) in [7, 11) is 1.84. The lowest BCUT2D eigenvalue weighted by Gasteiger charge is -2.04. The highest BCUT2D eigenvalue weighted by Crippen LogP contribution is 1.71. The van der Waals surface area contributed by atoms with Crippen molar-refractivity contribution in [3.05, 3.63) is 12.2 Å². The number of rotatable bonds is 7. The molecular formula is C11H28N2O3. The van der Waals surface area contributed by atoms with E-state index in [0.29, 0.717) is 19.8 Å². The van der Waals surface area contributed by atoms with Gasteiger partial charge in [0.2, 0.25) is 5.91 Å². The summed E-state index contributed by atoms with van der Waals surface area (Å²) in [6.07, 6.45) is 4.00. The van der Waals surface area contributed by atoms with Crippen molar-refractivity contribution in [2.75, 3.05) is 40.0 Å². The van der Waals surface area contributed by atoms with Gasteiger partial charge in [0.05, 0.1) is 13.2 Å². The van der Waals surface area contributed by atoms with E-state index >= 15 is 0 Å². The molecule has 5 nitrogen and oxygen atoms in total. The van der Waals surface area contributed by atoms with Gasteiger partial charge in [0, 0.05) is 15.9 Å². The molecule has 0 aromatic rings. The van der Waals surface area contributed by atoms with Gasteiger partial charge in [-0.3, -0.25) is 4.79 Å². The van der Waals surface area contributed by atoms with Gasteiger partial charge in [-0.2, -0.15) is 0 Å². The minimum atomic E-state index is -0.462. The van der Waals surface area contributed by atoms with Gasteiger partial charge >= 0.3 is 0 Å². The lowest BCUT2D eigenvalue weighted by Crippen LogP contribution is -2.30. The quantitative estimate of drug-likeness (QED) is 0.442. The third-order valence-electron chi connectivity index (χ3n) is 1.54. The summed E-state index contributed by atoms with van der Waals surface area (Å²) in [5.41, 5.74) is 0. The normalized spacial score (nSPS) is 9.75. The molecule has 0 aliphatic heterocycles. The number of amides is 1. The van der Waals surface area contributed by atoms with Gasteiger partial charge < -0.3 is 20.5 Å². The van der Waals surface area contributed by atoms with Crippen LogP contribution in [0.2, 0.25) is 0 Å². The Balaban J connectivity index is -0.000000143. The molecule has 0 rings (SSSR count). The van der Waals surface area contributed by atoms with Crippen molar-refractivity contribution in [3.63, 3.8) is 0 Å². The van der Waals surface area contributed by atoms with Crippen LogP contribution in [0.15, 0.2) is 12.2 Å². The van der Waals surface area contributed by atoms with Crippen molar-refractivity contribution in [1.29, 1.82) is 0 Å². The first-order chi connectivity index (χ1) is 7.72. The van der Waals surface area contributed by atoms with Crippen LogP contribution < -0.4 is 10.6 Å². The number of nitrogens with one attached hydrogen (secondary N) is 2. The number of hydrogen-bond acceptors (Lipinski definition) is 4. The maximum Gasteiger partial charge on any atom is 0.245 e. The van der Waals surface area contributed by atoms with Crippen LogP contribution in [-0.2, 0) is 9.53 Å². The number of ether oxygens (including phenoxy) is 1. The zero-order chi connectivity index (χ0) is 12.6. The fourth-order valence-electron chi connectivity index (χ4n) is 0.595. The van der Waals surface area contributed by atoms with E-state index in [1.807, 2.05) is 33.0 Å². The largest absolute Gasteiger partial charge is 0.387 e. The van der Waals surface area contributed by atoms with Crippen LogP contribution in [0.4, 0.5) is 0 Å². The van der Waals surface area contributed by atoms with Crippen molar-refractivity contribution in [2.24, 2.45) is 0 Å². The van der Waals surface area contributed by atoms with E-state index in [0.717, 1.165) is 6.54 Å². The Kier molecular flexibility index (Phi) is 18.0. The summed E-state index contributed by atoms with van der Waals surface area (Å²) in [6.45, 7) is 5.90. The minimum absolute atomic E-state index is 0. The van der Waals surface area contributed by atoms with E-state index in [-0.39, 0.29) is 8.76 Å². The van der Waals surface area contributed by atoms with Crippen molar-refractivity contribution in [3.8, 4) is 0 Å². The van der Waals surface area contributed by atoms with Gasteiger partial charge in [-0.15, -0.1) is 0 Å². The molecule has 3 N–H and O–H groups in total. The maximum absolute atomic E-state index is 10.5. The molecule has 0 atom stereocenters. The van der Waals surface area contributed by atoms with E-state index in [2.05, 4.69) is 10.6 Å². The topological polar surface area (TPSA) is 70.6 Å². The zero-order valence-corrected chi connectivity index (χ0v) is 10.5. The van der Waals surface area contributed by atoms with E-state index in [9.17, 15) is 4.79 Å². The molecule has 100 valence electrons. The molecule has 0 fully saturated rings. The summed E-state index contributed by atoms with van der Waals surface area (Å²) < 4.78 is 5.11. The van der Waals surface area contributed by atoms with Crippen molar-refractivity contribution in [2.45, 2.75) is 13.8 Å². The van der Waals surface area contributed by atoms with E-state index in [4.69, 9.17) is 9.84 Å². The first-order valence-electron chi connectivity index (χ1n) is 5.40. The van der Waals surface area contributed by atoms with Crippen LogP contribution in [0.25, 0.3) is 0 Å². The van der Waals surface area contributed by atoms with Gasteiger partial charge in [0.1, 0.15) is 6.61 Å². The van der Waals surface area contributed by atoms with Gasteiger partial charge in [-0.25, -0.2) is 0 Å². The van der Waals surface area contributed by atoms with Crippen LogP contribution in [-0.4, -0.2) is 51.0 Å². The van der Waals surface area contributed by atoms with Gasteiger partial charge in [0.25, 0.3) is 0 Å². The van der Waals surface area contributed by atoms with E-state index in [1.165, 1.54) is 0 Å². The Labute approximate surface area is 101 Å². The smallest absolute Gasteiger partial charge is 0.245 e. The van der Waals surface area contributed by atoms with Gasteiger partial charge in [0.15, 0.2) is 0 Å². The molecule has 0 radical (unpaired) electrons. The fourth-order valence-corrected chi connectivity index (χ4v) is 0.595. The summed E-state index contributed by atoms with van der Waals surface area (Å²) in [4.78, 5) is 10.5. The molecule has 0 aliphatic rings. The van der Waals surface area contributed by atoms with Crippen molar-refractivity contribution >= 4 is 5.91 Å². The molecular weight excluding hydrogens is 208 g/mol. The predicted molar refractivity (Wildman–Crippen MR) is 69.6 cm³/mol. The third kappa shape index (κ3) is 18.8. The monoisotopic (exact) mass is 236 g/mol. The predicted octanol–water partition coefficient (Wildman–Crippen LogP) is 0.405. The fraction of sp³-hybridized carbons (Fsp3) is 0.727. The maximum atomic E-state index is 10.5. The molecule has 0 spiro atoms. The average molecular weight is 236 g/mol. The number of carbonyl (C=O) groups excluding carboxylic acids is 1. The number of allylic oxidation sites excluding steroid dienone is 2. The molecule has 5 heteroatoms. The number of carbonyl (C=O) groups is 1. The SMILES string of the molecule is CC=CC.CNCCOCCNC(=O)CO.[HH].[HH]. The van der Waals surface area contributed by atoms with E-state index < -0.39 is 6.61 Å². The standard InChI is InChI=1S/C7H16N2O3.C4H8.2H2/c1-8-2-4-12-5-3-9-7(11)6-10;1-3-4-2;;/h8,10H,2-6H2,1H3,(H,9,11);3-4H,1-2H3;2*1H. The Morgan fingerprint density at radius 2 is 1.88 bits per heavy atom. The van der Waals surface area contributed by atoms with Gasteiger partial charge in [-0.05, 0) is 20.9 Å². The minimum Gasteiger partial charge on any atom is -0.387 e. The summed E-state index contributed by atoms with van der Waals surface area (Å²) >= 11 is 0. The number of hydrogen-bond donors (Lipinski definition) is 3. The first-order valence-corrected chi connectivity index (χ1v) is 5.40. The summed E-state index contributed by atoms with van der Waals surface area (Å²) in [6, 6.07) is 0. The lowest BCUT2D eigenvalue weighted by molar-refractivity contribution is -0.124. The lowest BCUT2D eigenvalue weighted by atomic mass is 10.6. The Bertz CT molecular complexity index is 178. The number of likely N-dealkylation sites (N-methyl/N-ethyl adjacent to an activating group) is 1. The molecule has 0 aliphatic carbocycles. The van der Waals surface area contributed by atoms with Crippen LogP contribution in [0.5, 0.6) is 0 Å². The third-order valence-corrected chi connectivity index (χ3v) is 1.54. The van der Waals surface area contributed by atoms with Crippen LogP contribution in [0.1, 0.15) is 16.7 Å². The Morgan fingerprint density at radius 1 is 1.31 bits per heavy atom. The second-order valence-corrected chi connectivity index (χ2v) is 2.89. The highest BCUT2D eigenvalue weighted by molar-refractivity contribution is 5.76. The highest BCUT2D eigenvalue weighted by Gasteiger charge is 1.95. The Morgan fingerprint density at radius 3 is 2.31 bits per heavy atom. The molecule has 0 heterocycles. The van der Waals surface area contributed by atoms with Crippen molar-refractivity contribution < 1.29 is 17.5 Å². The van der Waals surface area contributed by atoms with Crippen LogP contribution in [0.3, 0.4) is 0 Å². The second kappa shape index (κ2) is 16.5. The molecule has 1 amide bonds. The Hall–Kier alpha value is -0.910. The zero-order valence-electron chi connectivity index (χ0n) is 10.5. The molecule has 0 saturated carbocycles.